The van der Waals surface area contributed by atoms with Crippen molar-refractivity contribution < 1.29 is 9.05 Å². The van der Waals surface area contributed by atoms with Crippen molar-refractivity contribution in [3.63, 3.8) is 0 Å². The molecule has 2 aromatic carbocycles. The number of nitrogens with zero attached hydrogens (tertiary/aromatic N) is 3. The van der Waals surface area contributed by atoms with Crippen LogP contribution < -0.4 is 10.2 Å². The van der Waals surface area contributed by atoms with E-state index in [0.717, 1.165) is 35.7 Å². The van der Waals surface area contributed by atoms with Crippen LogP contribution in [-0.4, -0.2) is 26.3 Å². The predicted molar refractivity (Wildman–Crippen MR) is 130 cm³/mol. The van der Waals surface area contributed by atoms with Gasteiger partial charge in [-0.25, -0.2) is 10.2 Å². The van der Waals surface area contributed by atoms with Gasteiger partial charge >= 0.3 is 0 Å². The predicted octanol–water partition coefficient (Wildman–Crippen LogP) is 7.44. The van der Waals surface area contributed by atoms with Crippen molar-refractivity contribution in [1.82, 2.24) is 10.2 Å². The van der Waals surface area contributed by atoms with Gasteiger partial charge < -0.3 is 9.05 Å². The van der Waals surface area contributed by atoms with E-state index in [1.165, 1.54) is 0 Å². The standard InChI is InChI=1S/C18H24N5O2P3S2/c1-3-9-17(10-4-1)29-28(30-18-11-5-2-6-12-18)22-26(19-13-7-15-24-26)21-27(23-28)20-14-8-16-25-27/h1-6,9-12,19-20H,7-8,13-16H2/t26-,27-/m1/s1. The van der Waals surface area contributed by atoms with Crippen LogP contribution in [0.15, 0.2) is 84.0 Å². The molecule has 0 aliphatic carbocycles. The van der Waals surface area contributed by atoms with Crippen LogP contribution in [-0.2, 0) is 9.05 Å². The molecule has 0 bridgehead atoms. The quantitative estimate of drug-likeness (QED) is 0.426. The Balaban J connectivity index is 1.69. The lowest BCUT2D eigenvalue weighted by atomic mass is 10.4. The van der Waals surface area contributed by atoms with Gasteiger partial charge in [-0.05, 0) is 59.9 Å². The minimum absolute atomic E-state index is 0.666. The Morgan fingerprint density at radius 3 is 1.63 bits per heavy atom. The average Bonchev–Trinajstić information content (AvgIpc) is 2.75. The SMILES string of the molecule is c1ccc(SP2(Sc3ccccc3)=N[P@]3(=N[P@@]4(=N2)NCCCO4)NCCCO3)cc1. The Labute approximate surface area is 185 Å². The van der Waals surface area contributed by atoms with E-state index in [9.17, 15) is 0 Å². The first kappa shape index (κ1) is 21.5. The largest absolute Gasteiger partial charge is 0.316 e. The summed E-state index contributed by atoms with van der Waals surface area (Å²) in [5.41, 5.74) is -2.39. The highest BCUT2D eigenvalue weighted by molar-refractivity contribution is 8.91. The molecule has 2 atom stereocenters. The maximum Gasteiger partial charge on any atom is 0.279 e. The number of hydrogen-bond acceptors (Lipinski definition) is 9. The van der Waals surface area contributed by atoms with Crippen LogP contribution in [0.3, 0.4) is 0 Å². The Kier molecular flexibility index (Phi) is 6.64. The van der Waals surface area contributed by atoms with Gasteiger partial charge in [0.15, 0.2) is 0 Å². The smallest absolute Gasteiger partial charge is 0.279 e. The summed E-state index contributed by atoms with van der Waals surface area (Å²) in [7, 11) is -5.08. The zero-order chi connectivity index (χ0) is 20.3. The van der Waals surface area contributed by atoms with Crippen molar-refractivity contribution in [2.45, 2.75) is 22.6 Å². The monoisotopic (exact) mass is 499 g/mol. The van der Waals surface area contributed by atoms with Gasteiger partial charge in [-0.2, -0.15) is 13.5 Å². The minimum atomic E-state index is -2.54. The molecule has 3 aliphatic heterocycles. The molecule has 0 saturated carbocycles. The summed E-state index contributed by atoms with van der Waals surface area (Å²) in [5, 5.41) is 7.07. The van der Waals surface area contributed by atoms with Crippen LogP contribution in [0.5, 0.6) is 0 Å². The second-order valence-electron chi connectivity index (χ2n) is 6.85. The lowest BCUT2D eigenvalue weighted by molar-refractivity contribution is 0.301. The zero-order valence-corrected chi connectivity index (χ0v) is 20.6. The summed E-state index contributed by atoms with van der Waals surface area (Å²) in [6.07, 6.45) is 1.93. The van der Waals surface area contributed by atoms with Crippen LogP contribution in [0, 0.1) is 0 Å². The van der Waals surface area contributed by atoms with Crippen molar-refractivity contribution in [2.75, 3.05) is 26.3 Å². The van der Waals surface area contributed by atoms with E-state index >= 15 is 0 Å². The van der Waals surface area contributed by atoms with E-state index in [1.54, 1.807) is 22.8 Å². The van der Waals surface area contributed by atoms with Gasteiger partial charge in [0.25, 0.3) is 15.2 Å². The minimum Gasteiger partial charge on any atom is -0.316 e. The molecule has 3 aliphatic rings. The highest BCUT2D eigenvalue weighted by Gasteiger charge is 2.41. The molecule has 2 fully saturated rings. The van der Waals surface area contributed by atoms with Crippen molar-refractivity contribution >= 4 is 43.5 Å². The zero-order valence-electron chi connectivity index (χ0n) is 16.3. The Bertz CT molecular complexity index is 985. The molecule has 2 aromatic rings. The van der Waals surface area contributed by atoms with Gasteiger partial charge in [0, 0.05) is 22.9 Å². The van der Waals surface area contributed by atoms with E-state index in [0.29, 0.717) is 13.2 Å². The third-order valence-electron chi connectivity index (χ3n) is 4.47. The summed E-state index contributed by atoms with van der Waals surface area (Å²) in [5.74, 6) is 0. The van der Waals surface area contributed by atoms with E-state index in [2.05, 4.69) is 58.7 Å². The first-order valence-electron chi connectivity index (χ1n) is 9.89. The molecule has 2 spiro atoms. The lowest BCUT2D eigenvalue weighted by Crippen LogP contribution is -2.25. The highest BCUT2D eigenvalue weighted by Crippen LogP contribution is 2.88. The van der Waals surface area contributed by atoms with Gasteiger partial charge in [-0.1, -0.05) is 36.4 Å². The maximum absolute atomic E-state index is 6.28. The van der Waals surface area contributed by atoms with Crippen LogP contribution in [0.2, 0.25) is 0 Å². The number of nitrogens with one attached hydrogen (secondary N) is 2. The Morgan fingerprint density at radius 1 is 0.667 bits per heavy atom. The molecule has 7 nitrogen and oxygen atoms in total. The van der Waals surface area contributed by atoms with Crippen molar-refractivity contribution in [1.29, 1.82) is 0 Å². The Morgan fingerprint density at radius 2 is 1.17 bits per heavy atom. The lowest BCUT2D eigenvalue weighted by Gasteiger charge is -2.37. The second-order valence-corrected chi connectivity index (χ2v) is 19.5. The van der Waals surface area contributed by atoms with E-state index < -0.39 is 20.8 Å². The molecule has 160 valence electrons. The van der Waals surface area contributed by atoms with Gasteiger partial charge in [0.05, 0.1) is 13.2 Å². The molecular weight excluding hydrogens is 475 g/mol. The molecule has 2 N–H and O–H groups in total. The number of rotatable bonds is 4. The number of benzene rings is 2. The fourth-order valence-electron chi connectivity index (χ4n) is 3.15. The van der Waals surface area contributed by atoms with Crippen LogP contribution in [0.1, 0.15) is 12.8 Å². The first-order chi connectivity index (χ1) is 14.7. The van der Waals surface area contributed by atoms with Crippen LogP contribution in [0.4, 0.5) is 0 Å². The number of hydrogen-bond donors (Lipinski definition) is 2. The summed E-state index contributed by atoms with van der Waals surface area (Å²) >= 11 is 3.48. The maximum atomic E-state index is 6.28. The van der Waals surface area contributed by atoms with Crippen LogP contribution in [0.25, 0.3) is 0 Å². The summed E-state index contributed by atoms with van der Waals surface area (Å²) in [4.78, 5) is 2.29. The second kappa shape index (κ2) is 9.27. The normalized spacial score (nSPS) is 30.3. The first-order valence-corrected chi connectivity index (χ1v) is 17.7. The third-order valence-corrected chi connectivity index (χ3v) is 20.6. The molecule has 3 heterocycles. The fourth-order valence-corrected chi connectivity index (χ4v) is 23.0. The van der Waals surface area contributed by atoms with Crippen LogP contribution >= 0.6 is 43.5 Å². The molecule has 2 saturated heterocycles. The Hall–Kier alpha value is -0.330. The van der Waals surface area contributed by atoms with E-state index in [4.69, 9.17) is 22.6 Å². The molecule has 5 rings (SSSR count). The summed E-state index contributed by atoms with van der Waals surface area (Å²) < 4.78 is 28.3. The summed E-state index contributed by atoms with van der Waals surface area (Å²) in [6, 6.07) is 20.8. The van der Waals surface area contributed by atoms with Gasteiger partial charge in [-0.15, -0.1) is 0 Å². The fraction of sp³-hybridized carbons (Fsp3) is 0.333. The molecule has 12 heteroatoms. The molecule has 0 aromatic heterocycles. The molecular formula is C18H24N5O2P3S2. The third kappa shape index (κ3) is 4.85. The highest BCUT2D eigenvalue weighted by atomic mass is 33.1. The molecule has 0 radical (unpaired) electrons. The van der Waals surface area contributed by atoms with Crippen molar-refractivity contribution in [3.05, 3.63) is 60.7 Å². The van der Waals surface area contributed by atoms with Crippen molar-refractivity contribution in [2.24, 2.45) is 13.5 Å². The van der Waals surface area contributed by atoms with Gasteiger partial charge in [0.1, 0.15) is 0 Å². The topological polar surface area (TPSA) is 79.6 Å². The van der Waals surface area contributed by atoms with Gasteiger partial charge in [-0.3, -0.25) is 0 Å². The van der Waals surface area contributed by atoms with E-state index in [1.807, 2.05) is 12.1 Å². The molecule has 0 unspecified atom stereocenters. The average molecular weight is 499 g/mol. The van der Waals surface area contributed by atoms with Gasteiger partial charge in [0.2, 0.25) is 5.61 Å². The molecule has 0 amide bonds. The molecule has 30 heavy (non-hydrogen) atoms. The van der Waals surface area contributed by atoms with E-state index in [-0.39, 0.29) is 0 Å². The van der Waals surface area contributed by atoms with Crippen molar-refractivity contribution in [3.8, 4) is 0 Å². The summed E-state index contributed by atoms with van der Waals surface area (Å²) in [6.45, 7) is 3.04.